The van der Waals surface area contributed by atoms with Crippen LogP contribution in [0.15, 0.2) is 24.3 Å². The van der Waals surface area contributed by atoms with Gasteiger partial charge in [-0.15, -0.1) is 0 Å². The lowest BCUT2D eigenvalue weighted by Crippen LogP contribution is -2.54. The summed E-state index contributed by atoms with van der Waals surface area (Å²) in [5.74, 6) is 3.21. The molecule has 7 nitrogen and oxygen atoms in total. The van der Waals surface area contributed by atoms with Crippen LogP contribution in [0.2, 0.25) is 0 Å². The van der Waals surface area contributed by atoms with Gasteiger partial charge >= 0.3 is 0 Å². The number of benzene rings is 1. The summed E-state index contributed by atoms with van der Waals surface area (Å²) in [6, 6.07) is 7.67. The van der Waals surface area contributed by atoms with E-state index in [1.54, 1.807) is 14.2 Å². The fraction of sp³-hybridized carbons (Fsp3) is 0.696. The number of piperidine rings is 1. The molecule has 2 aliphatic rings. The number of carbonyl (C=O) groups is 1. The molecule has 1 aromatic rings. The summed E-state index contributed by atoms with van der Waals surface area (Å²) in [7, 11) is 3.36. The highest BCUT2D eigenvalue weighted by Gasteiger charge is 2.30. The van der Waals surface area contributed by atoms with Crippen LogP contribution in [-0.4, -0.2) is 88.8 Å². The van der Waals surface area contributed by atoms with Gasteiger partial charge in [0, 0.05) is 45.8 Å². The van der Waals surface area contributed by atoms with Crippen molar-refractivity contribution >= 4 is 5.91 Å². The van der Waals surface area contributed by atoms with Gasteiger partial charge in [0.25, 0.3) is 0 Å². The molecule has 2 aliphatic heterocycles. The third-order valence-electron chi connectivity index (χ3n) is 6.10. The Kier molecular flexibility index (Phi) is 9.24. The number of hydrogen-bond acceptors (Lipinski definition) is 6. The number of nitrogens with one attached hydrogen (secondary N) is 2. The first-order valence-electron chi connectivity index (χ1n) is 11.3. The number of methoxy groups -OCH3 is 1. The molecule has 0 spiro atoms. The van der Waals surface area contributed by atoms with E-state index in [0.29, 0.717) is 19.1 Å². The SMILES string of the molecule is CNC(=O)CN(CCCOc1cccc(OC)c1)CC1CN(CC2CCNCC2)C1. The lowest BCUT2D eigenvalue weighted by molar-refractivity contribution is -0.122. The van der Waals surface area contributed by atoms with E-state index in [9.17, 15) is 4.79 Å². The van der Waals surface area contributed by atoms with E-state index in [0.717, 1.165) is 50.0 Å². The minimum Gasteiger partial charge on any atom is -0.497 e. The Morgan fingerprint density at radius 1 is 1.23 bits per heavy atom. The van der Waals surface area contributed by atoms with Gasteiger partial charge in [0.2, 0.25) is 5.91 Å². The number of likely N-dealkylation sites (tertiary alicyclic amines) is 1. The summed E-state index contributed by atoms with van der Waals surface area (Å²) < 4.78 is 11.1. The summed E-state index contributed by atoms with van der Waals surface area (Å²) in [6.45, 7) is 8.83. The van der Waals surface area contributed by atoms with Crippen molar-refractivity contribution in [2.24, 2.45) is 11.8 Å². The molecule has 2 heterocycles. The van der Waals surface area contributed by atoms with Crippen LogP contribution in [0.5, 0.6) is 11.5 Å². The van der Waals surface area contributed by atoms with Crippen molar-refractivity contribution in [3.05, 3.63) is 24.3 Å². The molecule has 0 bridgehead atoms. The quantitative estimate of drug-likeness (QED) is 0.501. The number of likely N-dealkylation sites (N-methyl/N-ethyl adjacent to an activating group) is 1. The van der Waals surface area contributed by atoms with Gasteiger partial charge in [-0.3, -0.25) is 9.69 Å². The van der Waals surface area contributed by atoms with Crippen LogP contribution in [0.3, 0.4) is 0 Å². The molecule has 2 fully saturated rings. The van der Waals surface area contributed by atoms with E-state index in [1.807, 2.05) is 24.3 Å². The van der Waals surface area contributed by atoms with Crippen LogP contribution in [0.1, 0.15) is 19.3 Å². The second-order valence-electron chi connectivity index (χ2n) is 8.57. The van der Waals surface area contributed by atoms with Gasteiger partial charge in [-0.25, -0.2) is 0 Å². The number of rotatable bonds is 12. The van der Waals surface area contributed by atoms with Gasteiger partial charge in [-0.1, -0.05) is 6.07 Å². The van der Waals surface area contributed by atoms with Crippen LogP contribution < -0.4 is 20.1 Å². The molecule has 1 amide bonds. The first-order chi connectivity index (χ1) is 14.7. The molecule has 0 unspecified atom stereocenters. The van der Waals surface area contributed by atoms with Gasteiger partial charge in [0.15, 0.2) is 0 Å². The molecule has 2 saturated heterocycles. The summed E-state index contributed by atoms with van der Waals surface area (Å²) in [5.41, 5.74) is 0. The maximum atomic E-state index is 11.9. The number of hydrogen-bond donors (Lipinski definition) is 2. The normalized spacial score (nSPS) is 18.2. The largest absolute Gasteiger partial charge is 0.497 e. The first-order valence-corrected chi connectivity index (χ1v) is 11.3. The highest BCUT2D eigenvalue weighted by Crippen LogP contribution is 2.22. The third kappa shape index (κ3) is 7.45. The smallest absolute Gasteiger partial charge is 0.233 e. The second-order valence-corrected chi connectivity index (χ2v) is 8.57. The summed E-state index contributed by atoms with van der Waals surface area (Å²) >= 11 is 0. The molecule has 0 aliphatic carbocycles. The summed E-state index contributed by atoms with van der Waals surface area (Å²) in [5, 5.41) is 6.20. The van der Waals surface area contributed by atoms with Gasteiger partial charge in [0.1, 0.15) is 11.5 Å². The Balaban J connectivity index is 1.37. The first kappa shape index (κ1) is 22.8. The molecule has 0 saturated carbocycles. The zero-order valence-corrected chi connectivity index (χ0v) is 18.6. The third-order valence-corrected chi connectivity index (χ3v) is 6.10. The average Bonchev–Trinajstić information content (AvgIpc) is 2.75. The van der Waals surface area contributed by atoms with E-state index in [4.69, 9.17) is 9.47 Å². The zero-order chi connectivity index (χ0) is 21.2. The maximum absolute atomic E-state index is 11.9. The molecule has 0 aromatic heterocycles. The van der Waals surface area contributed by atoms with Gasteiger partial charge in [-0.05, 0) is 56.3 Å². The maximum Gasteiger partial charge on any atom is 0.233 e. The van der Waals surface area contributed by atoms with Crippen molar-refractivity contribution in [1.82, 2.24) is 20.4 Å². The zero-order valence-electron chi connectivity index (χ0n) is 18.6. The van der Waals surface area contributed by atoms with Crippen LogP contribution in [0.25, 0.3) is 0 Å². The molecule has 7 heteroatoms. The van der Waals surface area contributed by atoms with E-state index in [2.05, 4.69) is 20.4 Å². The van der Waals surface area contributed by atoms with E-state index in [-0.39, 0.29) is 5.91 Å². The lowest BCUT2D eigenvalue weighted by Gasteiger charge is -2.43. The van der Waals surface area contributed by atoms with Gasteiger partial charge < -0.3 is 25.0 Å². The van der Waals surface area contributed by atoms with Gasteiger partial charge in [0.05, 0.1) is 20.3 Å². The van der Waals surface area contributed by atoms with E-state index < -0.39 is 0 Å². The standard InChI is InChI=1S/C23H38N4O3/c1-24-23(28)18-26(11-4-12-30-22-6-3-5-21(13-22)29-2)15-20-16-27(17-20)14-19-7-9-25-10-8-19/h3,5-6,13,19-20,25H,4,7-12,14-18H2,1-2H3,(H,24,28). The molecule has 2 N–H and O–H groups in total. The molecule has 0 atom stereocenters. The molecule has 30 heavy (non-hydrogen) atoms. The van der Waals surface area contributed by atoms with Crippen molar-refractivity contribution < 1.29 is 14.3 Å². The van der Waals surface area contributed by atoms with Crippen molar-refractivity contribution in [3.8, 4) is 11.5 Å². The van der Waals surface area contributed by atoms with Crippen molar-refractivity contribution in [2.75, 3.05) is 73.1 Å². The lowest BCUT2D eigenvalue weighted by atomic mass is 9.93. The van der Waals surface area contributed by atoms with Crippen LogP contribution >= 0.6 is 0 Å². The monoisotopic (exact) mass is 418 g/mol. The van der Waals surface area contributed by atoms with Crippen molar-refractivity contribution in [3.63, 3.8) is 0 Å². The molecule has 1 aromatic carbocycles. The Hall–Kier alpha value is -1.83. The van der Waals surface area contributed by atoms with Crippen molar-refractivity contribution in [1.29, 1.82) is 0 Å². The van der Waals surface area contributed by atoms with E-state index >= 15 is 0 Å². The number of ether oxygens (including phenoxy) is 2. The Morgan fingerprint density at radius 3 is 2.73 bits per heavy atom. The average molecular weight is 419 g/mol. The van der Waals surface area contributed by atoms with Gasteiger partial charge in [-0.2, -0.15) is 0 Å². The highest BCUT2D eigenvalue weighted by atomic mass is 16.5. The Bertz CT molecular complexity index is 645. The molecule has 3 rings (SSSR count). The highest BCUT2D eigenvalue weighted by molar-refractivity contribution is 5.77. The van der Waals surface area contributed by atoms with E-state index in [1.165, 1.54) is 32.5 Å². The predicted octanol–water partition coefficient (Wildman–Crippen LogP) is 1.44. The number of nitrogens with zero attached hydrogens (tertiary/aromatic N) is 2. The predicted molar refractivity (Wildman–Crippen MR) is 119 cm³/mol. The summed E-state index contributed by atoms with van der Waals surface area (Å²) in [4.78, 5) is 16.8. The fourth-order valence-electron chi connectivity index (χ4n) is 4.42. The molecule has 168 valence electrons. The topological polar surface area (TPSA) is 66.1 Å². The molecular weight excluding hydrogens is 380 g/mol. The molecule has 0 radical (unpaired) electrons. The minimum atomic E-state index is 0.0783. The minimum absolute atomic E-state index is 0.0783. The fourth-order valence-corrected chi connectivity index (χ4v) is 4.42. The number of carbonyl (C=O) groups excluding carboxylic acids is 1. The van der Waals surface area contributed by atoms with Crippen molar-refractivity contribution in [2.45, 2.75) is 19.3 Å². The molecular formula is C23H38N4O3. The Morgan fingerprint density at radius 2 is 2.00 bits per heavy atom. The van der Waals surface area contributed by atoms with Crippen LogP contribution in [0.4, 0.5) is 0 Å². The van der Waals surface area contributed by atoms with Crippen LogP contribution in [-0.2, 0) is 4.79 Å². The Labute approximate surface area is 181 Å². The summed E-state index contributed by atoms with van der Waals surface area (Å²) in [6.07, 6.45) is 3.49. The number of amides is 1. The second kappa shape index (κ2) is 12.1. The van der Waals surface area contributed by atoms with Crippen LogP contribution in [0, 0.1) is 11.8 Å².